The van der Waals surface area contributed by atoms with Gasteiger partial charge in [0.2, 0.25) is 11.8 Å². The third-order valence-corrected chi connectivity index (χ3v) is 9.00. The van der Waals surface area contributed by atoms with Gasteiger partial charge < -0.3 is 41.0 Å². The monoisotopic (exact) mass is 516 g/mol. The Labute approximate surface area is 217 Å². The molecular weight excluding hydrogens is 476 g/mol. The van der Waals surface area contributed by atoms with Crippen LogP contribution in [0.3, 0.4) is 0 Å². The van der Waals surface area contributed by atoms with Crippen molar-refractivity contribution in [3.05, 3.63) is 23.3 Å². The summed E-state index contributed by atoms with van der Waals surface area (Å²) in [6.45, 7) is 1.65. The summed E-state index contributed by atoms with van der Waals surface area (Å²) in [5.41, 5.74) is 5.80. The largest absolute Gasteiger partial charge is 0.504 e. The van der Waals surface area contributed by atoms with Crippen LogP contribution in [0.1, 0.15) is 56.1 Å². The number of nitrogens with one attached hydrogen (secondary N) is 2. The number of likely N-dealkylation sites (tertiary alicyclic amines) is 1. The van der Waals surface area contributed by atoms with Gasteiger partial charge in [0.15, 0.2) is 11.5 Å². The molecule has 0 aromatic heterocycles. The maximum absolute atomic E-state index is 12.8. The molecule has 4 aliphatic rings. The predicted molar refractivity (Wildman–Crippen MR) is 136 cm³/mol. The van der Waals surface area contributed by atoms with Gasteiger partial charge in [-0.2, -0.15) is 0 Å². The van der Waals surface area contributed by atoms with Crippen molar-refractivity contribution >= 4 is 11.8 Å². The minimum atomic E-state index is -1.00. The second-order valence-electron chi connectivity index (χ2n) is 11.1. The molecule has 10 heteroatoms. The van der Waals surface area contributed by atoms with E-state index in [9.17, 15) is 19.8 Å². The molecule has 2 aliphatic heterocycles. The fourth-order valence-electron chi connectivity index (χ4n) is 7.29. The highest BCUT2D eigenvalue weighted by Crippen LogP contribution is 2.65. The van der Waals surface area contributed by atoms with Gasteiger partial charge in [0.05, 0.1) is 17.1 Å². The van der Waals surface area contributed by atoms with Gasteiger partial charge in [-0.05, 0) is 70.3 Å². The summed E-state index contributed by atoms with van der Waals surface area (Å²) in [5, 5.41) is 28.6. The Hall–Kier alpha value is -2.40. The Kier molecular flexibility index (Phi) is 7.37. The number of likely N-dealkylation sites (N-methyl/N-ethyl adjacent to an activating group) is 1. The maximum Gasteiger partial charge on any atom is 0.246 e. The smallest absolute Gasteiger partial charge is 0.246 e. The van der Waals surface area contributed by atoms with Gasteiger partial charge in [-0.15, -0.1) is 0 Å². The van der Waals surface area contributed by atoms with Crippen LogP contribution in [0.25, 0.3) is 0 Å². The highest BCUT2D eigenvalue weighted by Gasteiger charge is 2.72. The molecule has 0 radical (unpaired) electrons. The zero-order valence-corrected chi connectivity index (χ0v) is 21.6. The summed E-state index contributed by atoms with van der Waals surface area (Å²) >= 11 is 0. The van der Waals surface area contributed by atoms with Gasteiger partial charge in [0.1, 0.15) is 19.3 Å². The van der Waals surface area contributed by atoms with Gasteiger partial charge >= 0.3 is 0 Å². The number of phenols is 1. The molecule has 1 saturated carbocycles. The first-order chi connectivity index (χ1) is 17.8. The van der Waals surface area contributed by atoms with Crippen LogP contribution in [0.5, 0.6) is 11.5 Å². The van der Waals surface area contributed by atoms with E-state index in [1.54, 1.807) is 6.07 Å². The molecule has 2 aliphatic carbocycles. The highest BCUT2D eigenvalue weighted by atomic mass is 16.5. The van der Waals surface area contributed by atoms with E-state index in [1.165, 1.54) is 0 Å². The Morgan fingerprint density at radius 2 is 1.97 bits per heavy atom. The first-order valence-electron chi connectivity index (χ1n) is 13.6. The zero-order chi connectivity index (χ0) is 26.2. The van der Waals surface area contributed by atoms with E-state index in [0.29, 0.717) is 44.5 Å². The molecule has 10 nitrogen and oxygen atoms in total. The molecule has 37 heavy (non-hydrogen) atoms. The van der Waals surface area contributed by atoms with Crippen molar-refractivity contribution in [2.45, 2.75) is 80.6 Å². The van der Waals surface area contributed by atoms with Gasteiger partial charge in [-0.1, -0.05) is 18.9 Å². The number of hydrogen-bond acceptors (Lipinski definition) is 8. The van der Waals surface area contributed by atoms with E-state index >= 15 is 0 Å². The lowest BCUT2D eigenvalue weighted by Gasteiger charge is -2.63. The fraction of sp³-hybridized carbons (Fsp3) is 0.704. The summed E-state index contributed by atoms with van der Waals surface area (Å²) in [6.07, 6.45) is 5.92. The third-order valence-electron chi connectivity index (χ3n) is 9.00. The van der Waals surface area contributed by atoms with Crippen molar-refractivity contribution in [3.63, 3.8) is 0 Å². The number of hydrogen-bond donors (Lipinski definition) is 5. The summed E-state index contributed by atoms with van der Waals surface area (Å²) < 4.78 is 11.8. The number of aliphatic hydroxyl groups is 1. The summed E-state index contributed by atoms with van der Waals surface area (Å²) in [5.74, 6) is -0.0572. The lowest BCUT2D eigenvalue weighted by molar-refractivity contribution is -0.187. The molecule has 0 unspecified atom stereocenters. The van der Waals surface area contributed by atoms with E-state index in [4.69, 9.17) is 15.2 Å². The number of ether oxygens (including phenoxy) is 2. The third kappa shape index (κ3) is 4.37. The number of carbonyl (C=O) groups excluding carboxylic acids is 2. The van der Waals surface area contributed by atoms with Crippen molar-refractivity contribution in [1.82, 2.24) is 15.5 Å². The van der Waals surface area contributed by atoms with Gasteiger partial charge in [-0.3, -0.25) is 9.59 Å². The normalized spacial score (nSPS) is 31.4. The minimum Gasteiger partial charge on any atom is -0.504 e. The van der Waals surface area contributed by atoms with Crippen LogP contribution in [0.15, 0.2) is 12.1 Å². The van der Waals surface area contributed by atoms with Gasteiger partial charge in [0.25, 0.3) is 0 Å². The van der Waals surface area contributed by atoms with Crippen molar-refractivity contribution in [2.24, 2.45) is 5.73 Å². The van der Waals surface area contributed by atoms with Crippen LogP contribution < -0.4 is 21.1 Å². The molecule has 2 bridgehead atoms. The molecule has 1 aromatic carbocycles. The van der Waals surface area contributed by atoms with Gasteiger partial charge in [0, 0.05) is 18.2 Å². The maximum atomic E-state index is 12.8. The van der Waals surface area contributed by atoms with Crippen LogP contribution in [-0.2, 0) is 26.2 Å². The lowest BCUT2D eigenvalue weighted by Crippen LogP contribution is -2.77. The first kappa shape index (κ1) is 26.2. The van der Waals surface area contributed by atoms with Crippen LogP contribution in [-0.4, -0.2) is 90.6 Å². The van der Waals surface area contributed by atoms with E-state index in [2.05, 4.69) is 22.6 Å². The molecule has 1 saturated heterocycles. The molecule has 5 rings (SSSR count). The Bertz CT molecular complexity index is 1040. The topological polar surface area (TPSA) is 146 Å². The zero-order valence-electron chi connectivity index (χ0n) is 21.6. The highest BCUT2D eigenvalue weighted by molar-refractivity contribution is 5.80. The number of aromatic hydroxyl groups is 1. The standard InChI is InChI=1S/C27H40N4O6/c1-31-13-10-26-23-17-6-7-19(32)24(23)37-25(26)18(8-9-27(26,35)20(31)14-17)30-22(34)16-36-15-21(33)29-12-5-3-2-4-11-28/h6-7,18,20,25,32,35H,2-5,8-16,28H2,1H3,(H,29,33)(H,30,34)/t18-,20+,25-,26-,27+/m0/s1. The Morgan fingerprint density at radius 1 is 1.19 bits per heavy atom. The molecule has 5 atom stereocenters. The fourth-order valence-corrected chi connectivity index (χ4v) is 7.29. The van der Waals surface area contributed by atoms with E-state index < -0.39 is 17.1 Å². The lowest BCUT2D eigenvalue weighted by atomic mass is 9.48. The predicted octanol–water partition coefficient (Wildman–Crippen LogP) is 0.313. The molecule has 6 N–H and O–H groups in total. The second-order valence-corrected chi connectivity index (χ2v) is 11.1. The van der Waals surface area contributed by atoms with Crippen LogP contribution >= 0.6 is 0 Å². The first-order valence-corrected chi connectivity index (χ1v) is 13.6. The van der Waals surface area contributed by atoms with Crippen LogP contribution in [0.4, 0.5) is 0 Å². The van der Waals surface area contributed by atoms with Crippen molar-refractivity contribution in [1.29, 1.82) is 0 Å². The van der Waals surface area contributed by atoms with Crippen molar-refractivity contribution < 1.29 is 29.3 Å². The van der Waals surface area contributed by atoms with E-state index in [0.717, 1.165) is 43.4 Å². The molecule has 1 aromatic rings. The quantitative estimate of drug-likeness (QED) is 0.264. The average molecular weight is 517 g/mol. The SMILES string of the molecule is CN1CC[C@]23c4c5ccc(O)c4O[C@H]2[C@@H](NC(=O)COCC(=O)NCCCCCCN)CC[C@@]3(O)[C@H]1C5. The number of piperidine rings is 1. The van der Waals surface area contributed by atoms with Crippen molar-refractivity contribution in [2.75, 3.05) is 39.9 Å². The molecule has 2 amide bonds. The minimum absolute atomic E-state index is 0.0468. The average Bonchev–Trinajstić information content (AvgIpc) is 3.23. The number of carbonyl (C=O) groups is 2. The Balaban J connectivity index is 1.20. The number of nitrogens with zero attached hydrogens (tertiary/aromatic N) is 1. The number of unbranched alkanes of at least 4 members (excludes halogenated alkanes) is 3. The van der Waals surface area contributed by atoms with Gasteiger partial charge in [-0.25, -0.2) is 0 Å². The number of rotatable bonds is 11. The summed E-state index contributed by atoms with van der Waals surface area (Å²) in [7, 11) is 2.05. The van der Waals surface area contributed by atoms with E-state index in [-0.39, 0.29) is 42.9 Å². The number of nitrogens with two attached hydrogens (primary N) is 1. The molecule has 2 fully saturated rings. The van der Waals surface area contributed by atoms with Crippen LogP contribution in [0.2, 0.25) is 0 Å². The van der Waals surface area contributed by atoms with Crippen LogP contribution in [0, 0.1) is 0 Å². The van der Waals surface area contributed by atoms with E-state index in [1.807, 2.05) is 6.07 Å². The molecule has 1 spiro atoms. The molecule has 2 heterocycles. The number of amides is 2. The number of phenolic OH excluding ortho intramolecular Hbond substituents is 1. The number of benzene rings is 1. The second kappa shape index (κ2) is 10.4. The van der Waals surface area contributed by atoms with Crippen molar-refractivity contribution in [3.8, 4) is 11.5 Å². The molecular formula is C27H40N4O6. The molecule has 204 valence electrons. The summed E-state index contributed by atoms with van der Waals surface area (Å²) in [6, 6.07) is 3.21. The Morgan fingerprint density at radius 3 is 2.78 bits per heavy atom. The summed E-state index contributed by atoms with van der Waals surface area (Å²) in [4.78, 5) is 27.0.